The van der Waals surface area contributed by atoms with Crippen LogP contribution in [0.15, 0.2) is 54.6 Å². The number of hydrogen-bond acceptors (Lipinski definition) is 4. The quantitative estimate of drug-likeness (QED) is 0.743. The molecule has 2 aromatic carbocycles. The number of rotatable bonds is 6. The Morgan fingerprint density at radius 2 is 1.77 bits per heavy atom. The van der Waals surface area contributed by atoms with Gasteiger partial charge in [0.15, 0.2) is 6.61 Å². The summed E-state index contributed by atoms with van der Waals surface area (Å²) in [5, 5.41) is 9.11. The molecular weight excluding hydrogens is 318 g/mol. The predicted octanol–water partition coefficient (Wildman–Crippen LogP) is 4.23. The Labute approximate surface area is 138 Å². The first-order valence-electron chi connectivity index (χ1n) is 6.65. The van der Waals surface area contributed by atoms with Crippen LogP contribution in [0.2, 0.25) is 5.02 Å². The third-order valence-electron chi connectivity index (χ3n) is 2.94. The molecule has 0 radical (unpaired) electrons. The van der Waals surface area contributed by atoms with Crippen LogP contribution in [0.3, 0.4) is 0 Å². The van der Waals surface area contributed by atoms with Gasteiger partial charge >= 0.3 is 5.97 Å². The van der Waals surface area contributed by atoms with Crippen molar-refractivity contribution in [3.05, 3.63) is 70.7 Å². The summed E-state index contributed by atoms with van der Waals surface area (Å²) >= 11 is 7.40. The molecule has 2 rings (SSSR count). The van der Waals surface area contributed by atoms with Crippen molar-refractivity contribution < 1.29 is 9.53 Å². The molecule has 0 spiro atoms. The van der Waals surface area contributed by atoms with Crippen molar-refractivity contribution in [3.8, 4) is 6.07 Å². The molecule has 0 aliphatic rings. The van der Waals surface area contributed by atoms with Gasteiger partial charge in [-0.3, -0.25) is 4.79 Å². The van der Waals surface area contributed by atoms with Crippen LogP contribution in [0.4, 0.5) is 0 Å². The molecule has 3 nitrogen and oxygen atoms in total. The van der Waals surface area contributed by atoms with Crippen molar-refractivity contribution in [2.75, 3.05) is 12.4 Å². The van der Waals surface area contributed by atoms with E-state index >= 15 is 0 Å². The zero-order valence-electron chi connectivity index (χ0n) is 11.7. The number of thioether (sulfide) groups is 1. The zero-order chi connectivity index (χ0) is 15.8. The number of nitrogens with zero attached hydrogens (tertiary/aromatic N) is 1. The molecule has 0 fully saturated rings. The largest absolute Gasteiger partial charge is 0.450 e. The molecule has 5 heteroatoms. The highest BCUT2D eigenvalue weighted by molar-refractivity contribution is 8.00. The molecule has 0 aliphatic heterocycles. The Hall–Kier alpha value is -1.96. The lowest BCUT2D eigenvalue weighted by atomic mass is 10.0. The molecule has 0 heterocycles. The summed E-state index contributed by atoms with van der Waals surface area (Å²) in [5.74, 6) is -0.203. The van der Waals surface area contributed by atoms with E-state index in [0.29, 0.717) is 5.02 Å². The molecule has 112 valence electrons. The van der Waals surface area contributed by atoms with Gasteiger partial charge in [0.1, 0.15) is 6.07 Å². The van der Waals surface area contributed by atoms with Crippen LogP contribution >= 0.6 is 23.4 Å². The zero-order valence-corrected chi connectivity index (χ0v) is 13.3. The summed E-state index contributed by atoms with van der Waals surface area (Å²) in [6.45, 7) is -0.212. The molecule has 0 aliphatic carbocycles. The summed E-state index contributed by atoms with van der Waals surface area (Å²) < 4.78 is 4.79. The SMILES string of the molecule is N#CCOC(=O)CS[C@H](c1ccccc1)c1ccc(Cl)cc1. The smallest absolute Gasteiger partial charge is 0.316 e. The van der Waals surface area contributed by atoms with Gasteiger partial charge in [0.05, 0.1) is 11.0 Å². The maximum absolute atomic E-state index is 11.6. The van der Waals surface area contributed by atoms with Crippen LogP contribution in [0.1, 0.15) is 16.4 Å². The molecule has 0 N–H and O–H groups in total. The Kier molecular flexibility index (Phi) is 6.32. The van der Waals surface area contributed by atoms with Crippen molar-refractivity contribution in [1.82, 2.24) is 0 Å². The van der Waals surface area contributed by atoms with Gasteiger partial charge in [0.2, 0.25) is 0 Å². The standard InChI is InChI=1S/C17H14ClNO2S/c18-15-8-6-14(7-9-15)17(13-4-2-1-3-5-13)22-12-16(20)21-11-10-19/h1-9,17H,11-12H2/t17-/m1/s1. The molecule has 2 aromatic rings. The number of ether oxygens (including phenoxy) is 1. The Morgan fingerprint density at radius 1 is 1.14 bits per heavy atom. The minimum absolute atomic E-state index is 0.00750. The fourth-order valence-corrected chi connectivity index (χ4v) is 3.17. The van der Waals surface area contributed by atoms with E-state index in [9.17, 15) is 4.79 Å². The van der Waals surface area contributed by atoms with E-state index in [1.165, 1.54) is 11.8 Å². The second-order valence-electron chi connectivity index (χ2n) is 4.47. The summed E-state index contributed by atoms with van der Waals surface area (Å²) in [6.07, 6.45) is 0. The van der Waals surface area contributed by atoms with E-state index in [0.717, 1.165) is 11.1 Å². The molecule has 0 saturated carbocycles. The number of hydrogen-bond donors (Lipinski definition) is 0. The summed E-state index contributed by atoms with van der Waals surface area (Å²) in [4.78, 5) is 11.6. The lowest BCUT2D eigenvalue weighted by molar-refractivity contribution is -0.139. The molecule has 0 saturated heterocycles. The molecular formula is C17H14ClNO2S. The fourth-order valence-electron chi connectivity index (χ4n) is 1.96. The van der Waals surface area contributed by atoms with Gasteiger partial charge in [-0.05, 0) is 23.3 Å². The van der Waals surface area contributed by atoms with Crippen molar-refractivity contribution in [2.45, 2.75) is 5.25 Å². The minimum atomic E-state index is -0.388. The number of benzene rings is 2. The summed E-state index contributed by atoms with van der Waals surface area (Å²) in [6, 6.07) is 19.3. The average molecular weight is 332 g/mol. The number of esters is 1. The van der Waals surface area contributed by atoms with Crippen molar-refractivity contribution in [2.24, 2.45) is 0 Å². The highest BCUT2D eigenvalue weighted by atomic mass is 35.5. The van der Waals surface area contributed by atoms with Crippen LogP contribution in [-0.4, -0.2) is 18.3 Å². The Morgan fingerprint density at radius 3 is 2.41 bits per heavy atom. The topological polar surface area (TPSA) is 50.1 Å². The van der Waals surface area contributed by atoms with Crippen LogP contribution < -0.4 is 0 Å². The van der Waals surface area contributed by atoms with E-state index in [2.05, 4.69) is 0 Å². The first kappa shape index (κ1) is 16.4. The van der Waals surface area contributed by atoms with Gasteiger partial charge in [0, 0.05) is 5.02 Å². The number of carbonyl (C=O) groups excluding carboxylic acids is 1. The van der Waals surface area contributed by atoms with Crippen LogP contribution in [-0.2, 0) is 9.53 Å². The predicted molar refractivity (Wildman–Crippen MR) is 88.8 cm³/mol. The highest BCUT2D eigenvalue weighted by Gasteiger charge is 2.17. The van der Waals surface area contributed by atoms with Gasteiger partial charge in [-0.25, -0.2) is 0 Å². The van der Waals surface area contributed by atoms with E-state index in [-0.39, 0.29) is 23.6 Å². The van der Waals surface area contributed by atoms with Gasteiger partial charge in [-0.2, -0.15) is 5.26 Å². The second-order valence-corrected chi connectivity index (χ2v) is 6.00. The lowest BCUT2D eigenvalue weighted by Crippen LogP contribution is -2.09. The Balaban J connectivity index is 2.14. The molecule has 0 amide bonds. The van der Waals surface area contributed by atoms with E-state index in [1.807, 2.05) is 54.6 Å². The maximum atomic E-state index is 11.6. The van der Waals surface area contributed by atoms with Gasteiger partial charge in [-0.15, -0.1) is 11.8 Å². The van der Waals surface area contributed by atoms with Gasteiger partial charge in [0.25, 0.3) is 0 Å². The second kappa shape index (κ2) is 8.47. The average Bonchev–Trinajstić information content (AvgIpc) is 2.55. The first-order valence-corrected chi connectivity index (χ1v) is 8.08. The fraction of sp³-hybridized carbons (Fsp3) is 0.176. The first-order chi connectivity index (χ1) is 10.7. The monoisotopic (exact) mass is 331 g/mol. The van der Waals surface area contributed by atoms with E-state index in [4.69, 9.17) is 21.6 Å². The number of halogens is 1. The molecule has 1 atom stereocenters. The minimum Gasteiger partial charge on any atom is -0.450 e. The van der Waals surface area contributed by atoms with E-state index < -0.39 is 0 Å². The van der Waals surface area contributed by atoms with E-state index in [1.54, 1.807) is 6.07 Å². The molecule has 0 unspecified atom stereocenters. The number of carbonyl (C=O) groups is 1. The molecule has 0 bridgehead atoms. The Bertz CT molecular complexity index is 653. The third kappa shape index (κ3) is 4.80. The normalized spacial score (nSPS) is 11.5. The van der Waals surface area contributed by atoms with Crippen LogP contribution in [0.25, 0.3) is 0 Å². The van der Waals surface area contributed by atoms with Crippen LogP contribution in [0.5, 0.6) is 0 Å². The summed E-state index contributed by atoms with van der Waals surface area (Å²) in [7, 11) is 0. The van der Waals surface area contributed by atoms with Crippen molar-refractivity contribution >= 4 is 29.3 Å². The third-order valence-corrected chi connectivity index (χ3v) is 4.47. The highest BCUT2D eigenvalue weighted by Crippen LogP contribution is 2.36. The molecule has 0 aromatic heterocycles. The van der Waals surface area contributed by atoms with Gasteiger partial charge < -0.3 is 4.74 Å². The lowest BCUT2D eigenvalue weighted by Gasteiger charge is -2.17. The molecule has 22 heavy (non-hydrogen) atoms. The van der Waals surface area contributed by atoms with Crippen molar-refractivity contribution in [3.63, 3.8) is 0 Å². The van der Waals surface area contributed by atoms with Crippen LogP contribution in [0, 0.1) is 11.3 Å². The van der Waals surface area contributed by atoms with Crippen molar-refractivity contribution in [1.29, 1.82) is 5.26 Å². The van der Waals surface area contributed by atoms with Gasteiger partial charge in [-0.1, -0.05) is 54.1 Å². The summed E-state index contributed by atoms with van der Waals surface area (Å²) in [5.41, 5.74) is 2.16. The maximum Gasteiger partial charge on any atom is 0.316 e. The number of nitriles is 1.